The maximum atomic E-state index is 11.9. The molecule has 1 N–H and O–H groups in total. The summed E-state index contributed by atoms with van der Waals surface area (Å²) in [4.78, 5) is 14.9. The van der Waals surface area contributed by atoms with E-state index in [1.165, 1.54) is 11.3 Å². The smallest absolute Gasteiger partial charge is 0.265 e. The van der Waals surface area contributed by atoms with Crippen LogP contribution in [0.25, 0.3) is 0 Å². The lowest BCUT2D eigenvalue weighted by molar-refractivity contribution is 0.0895. The Kier molecular flexibility index (Phi) is 2.04. The molecule has 0 saturated carbocycles. The van der Waals surface area contributed by atoms with E-state index in [4.69, 9.17) is 4.74 Å². The van der Waals surface area contributed by atoms with Gasteiger partial charge in [-0.3, -0.25) is 4.79 Å². The van der Waals surface area contributed by atoms with Crippen LogP contribution in [-0.2, 0) is 0 Å². The van der Waals surface area contributed by atoms with Gasteiger partial charge in [-0.2, -0.15) is 0 Å². The first-order chi connectivity index (χ1) is 7.50. The Balaban J connectivity index is 2.26. The van der Waals surface area contributed by atoms with Crippen LogP contribution in [0.15, 0.2) is 3.79 Å². The van der Waals surface area contributed by atoms with E-state index in [-0.39, 0.29) is 11.6 Å². The highest BCUT2D eigenvalue weighted by atomic mass is 79.9. The number of carbonyl (C=O) groups is 1. The van der Waals surface area contributed by atoms with Crippen LogP contribution >= 0.6 is 27.3 Å². The van der Waals surface area contributed by atoms with Crippen LogP contribution in [0.5, 0.6) is 5.75 Å². The Bertz CT molecular complexity index is 483. The highest BCUT2D eigenvalue weighted by molar-refractivity contribution is 9.11. The van der Waals surface area contributed by atoms with E-state index < -0.39 is 0 Å². The van der Waals surface area contributed by atoms with Gasteiger partial charge in [-0.1, -0.05) is 0 Å². The van der Waals surface area contributed by atoms with Crippen LogP contribution in [0.4, 0.5) is 5.69 Å². The number of rotatable bonds is 0. The molecule has 1 aromatic rings. The van der Waals surface area contributed by atoms with E-state index in [0.29, 0.717) is 6.61 Å². The van der Waals surface area contributed by atoms with Crippen LogP contribution in [0.2, 0.25) is 0 Å². The summed E-state index contributed by atoms with van der Waals surface area (Å²) in [5.41, 5.74) is 0.597. The predicted molar refractivity (Wildman–Crippen MR) is 66.4 cm³/mol. The normalized spacial score (nSPS) is 21.2. The van der Waals surface area contributed by atoms with Crippen LogP contribution < -0.4 is 15.0 Å². The largest absolute Gasteiger partial charge is 0.487 e. The van der Waals surface area contributed by atoms with Gasteiger partial charge < -0.3 is 15.0 Å². The van der Waals surface area contributed by atoms with Crippen molar-refractivity contribution in [3.63, 3.8) is 0 Å². The average molecular weight is 303 g/mol. The van der Waals surface area contributed by atoms with Gasteiger partial charge in [-0.05, 0) is 29.8 Å². The number of carbonyl (C=O) groups excluding carboxylic acids is 1. The molecule has 3 heterocycles. The first-order valence-electron chi connectivity index (χ1n) is 5.06. The number of ether oxygens (including phenoxy) is 1. The van der Waals surface area contributed by atoms with E-state index >= 15 is 0 Å². The first-order valence-corrected chi connectivity index (χ1v) is 6.67. The second kappa shape index (κ2) is 3.13. The molecule has 6 heteroatoms. The summed E-state index contributed by atoms with van der Waals surface area (Å²) >= 11 is 4.88. The van der Waals surface area contributed by atoms with Gasteiger partial charge in [0.15, 0.2) is 5.75 Å². The molecule has 0 spiro atoms. The number of hydrogen-bond donors (Lipinski definition) is 1. The van der Waals surface area contributed by atoms with Gasteiger partial charge >= 0.3 is 0 Å². The number of thiophene rings is 1. The third-order valence-corrected chi connectivity index (χ3v) is 4.73. The Labute approximate surface area is 106 Å². The third-order valence-electron chi connectivity index (χ3n) is 2.93. The number of anilines is 1. The van der Waals surface area contributed by atoms with Crippen LogP contribution in [0.3, 0.4) is 0 Å². The lowest BCUT2D eigenvalue weighted by atomic mass is 10.1. The molecule has 0 atom stereocenters. The van der Waals surface area contributed by atoms with Crippen LogP contribution in [0, 0.1) is 0 Å². The Morgan fingerprint density at radius 1 is 1.56 bits per heavy atom. The molecule has 4 nitrogen and oxygen atoms in total. The quantitative estimate of drug-likeness (QED) is 0.799. The first kappa shape index (κ1) is 10.4. The molecule has 1 aromatic heterocycles. The van der Waals surface area contributed by atoms with Gasteiger partial charge in [0.25, 0.3) is 5.91 Å². The lowest BCUT2D eigenvalue weighted by Crippen LogP contribution is -2.61. The van der Waals surface area contributed by atoms with Crippen LogP contribution in [-0.4, -0.2) is 24.7 Å². The van der Waals surface area contributed by atoms with E-state index in [1.807, 2.05) is 13.8 Å². The minimum Gasteiger partial charge on any atom is -0.487 e. The molecule has 0 unspecified atom stereocenters. The molecule has 16 heavy (non-hydrogen) atoms. The van der Waals surface area contributed by atoms with Gasteiger partial charge in [-0.25, -0.2) is 0 Å². The van der Waals surface area contributed by atoms with Gasteiger partial charge in [-0.15, -0.1) is 11.3 Å². The fraction of sp³-hybridized carbons (Fsp3) is 0.500. The second-order valence-electron chi connectivity index (χ2n) is 4.40. The van der Waals surface area contributed by atoms with Crippen molar-refractivity contribution < 1.29 is 9.53 Å². The number of nitrogens with one attached hydrogen (secondary N) is 1. The second-order valence-corrected chi connectivity index (χ2v) is 6.73. The van der Waals surface area contributed by atoms with Crippen molar-refractivity contribution in [2.45, 2.75) is 19.5 Å². The van der Waals surface area contributed by atoms with Crippen molar-refractivity contribution in [1.29, 1.82) is 0 Å². The van der Waals surface area contributed by atoms with Crippen LogP contribution in [0.1, 0.15) is 23.5 Å². The molecule has 0 aliphatic carbocycles. The fourth-order valence-electron chi connectivity index (χ4n) is 2.22. The van der Waals surface area contributed by atoms with E-state index in [0.717, 1.165) is 26.6 Å². The maximum absolute atomic E-state index is 11.9. The molecule has 0 fully saturated rings. The molecule has 0 radical (unpaired) electrons. The highest BCUT2D eigenvalue weighted by Gasteiger charge is 2.42. The van der Waals surface area contributed by atoms with Gasteiger partial charge in [0, 0.05) is 0 Å². The molecule has 0 saturated heterocycles. The number of amides is 1. The predicted octanol–water partition coefficient (Wildman–Crippen LogP) is 2.19. The molecule has 86 valence electrons. The van der Waals surface area contributed by atoms with Crippen molar-refractivity contribution in [2.75, 3.05) is 18.1 Å². The Morgan fingerprint density at radius 2 is 2.31 bits per heavy atom. The summed E-state index contributed by atoms with van der Waals surface area (Å²) < 4.78 is 6.52. The van der Waals surface area contributed by atoms with E-state index in [1.54, 1.807) is 0 Å². The minimum atomic E-state index is -0.344. The van der Waals surface area contributed by atoms with Gasteiger partial charge in [0.05, 0.1) is 6.54 Å². The zero-order chi connectivity index (χ0) is 11.5. The highest BCUT2D eigenvalue weighted by Crippen LogP contribution is 2.50. The van der Waals surface area contributed by atoms with Gasteiger partial charge in [0.2, 0.25) is 0 Å². The van der Waals surface area contributed by atoms with E-state index in [2.05, 4.69) is 26.1 Å². The Morgan fingerprint density at radius 3 is 3.06 bits per heavy atom. The van der Waals surface area contributed by atoms with Crippen molar-refractivity contribution in [3.05, 3.63) is 8.66 Å². The molecule has 2 aliphatic heterocycles. The van der Waals surface area contributed by atoms with E-state index in [9.17, 15) is 4.79 Å². The zero-order valence-corrected chi connectivity index (χ0v) is 11.4. The van der Waals surface area contributed by atoms with Gasteiger partial charge in [0.1, 0.15) is 26.6 Å². The molecular formula is C10H11BrN2O2S. The number of halogens is 1. The minimum absolute atomic E-state index is 0.0151. The monoisotopic (exact) mass is 302 g/mol. The third kappa shape index (κ3) is 1.23. The summed E-state index contributed by atoms with van der Waals surface area (Å²) in [6, 6.07) is 0. The Hall–Kier alpha value is -0.750. The molecule has 2 aliphatic rings. The SMILES string of the molecule is CC1(C)NC(=O)c2sc(Br)c3c2N1CCO3. The zero-order valence-electron chi connectivity index (χ0n) is 8.96. The molecule has 0 aromatic carbocycles. The molecule has 1 amide bonds. The number of hydrogen-bond acceptors (Lipinski definition) is 4. The number of nitrogens with zero attached hydrogens (tertiary/aromatic N) is 1. The topological polar surface area (TPSA) is 41.6 Å². The fourth-order valence-corrected chi connectivity index (χ4v) is 3.88. The lowest BCUT2D eigenvalue weighted by Gasteiger charge is -2.45. The molecule has 0 bridgehead atoms. The van der Waals surface area contributed by atoms with Crippen molar-refractivity contribution >= 4 is 38.9 Å². The standard InChI is InChI=1S/C10H11BrN2O2S/c1-10(2)12-9(14)7-5-6(8(11)16-7)15-4-3-13(5)10/h3-4H2,1-2H3,(H,12,14). The van der Waals surface area contributed by atoms with Crippen molar-refractivity contribution in [1.82, 2.24) is 5.32 Å². The van der Waals surface area contributed by atoms with Crippen molar-refractivity contribution in [2.24, 2.45) is 0 Å². The summed E-state index contributed by atoms with van der Waals surface area (Å²) in [6.07, 6.45) is 0. The summed E-state index contributed by atoms with van der Waals surface area (Å²) in [7, 11) is 0. The molecular weight excluding hydrogens is 292 g/mol. The molecule has 3 rings (SSSR count). The average Bonchev–Trinajstić information content (AvgIpc) is 2.54. The summed E-state index contributed by atoms with van der Waals surface area (Å²) in [6.45, 7) is 5.47. The van der Waals surface area contributed by atoms with Crippen molar-refractivity contribution in [3.8, 4) is 5.75 Å². The maximum Gasteiger partial charge on any atom is 0.265 e. The summed E-state index contributed by atoms with van der Waals surface area (Å²) in [5.74, 6) is 0.799. The summed E-state index contributed by atoms with van der Waals surface area (Å²) in [5, 5.41) is 3.01.